The quantitative estimate of drug-likeness (QED) is 0.519. The fourth-order valence-electron chi connectivity index (χ4n) is 5.30. The molecule has 3 heteroatoms. The zero-order valence-corrected chi connectivity index (χ0v) is 26.5. The van der Waals surface area contributed by atoms with Gasteiger partial charge in [0.05, 0.1) is 0 Å². The van der Waals surface area contributed by atoms with Crippen molar-refractivity contribution >= 4 is 8.78 Å². The van der Waals surface area contributed by atoms with Gasteiger partial charge in [-0.3, -0.25) is 0 Å². The van der Waals surface area contributed by atoms with Gasteiger partial charge in [0, 0.05) is 0 Å². The molecule has 181 valence electrons. The van der Waals surface area contributed by atoms with Gasteiger partial charge in [0.15, 0.2) is 0 Å². The van der Waals surface area contributed by atoms with Gasteiger partial charge >= 0.3 is 208 Å². The van der Waals surface area contributed by atoms with E-state index in [1.54, 1.807) is 25.5 Å². The summed E-state index contributed by atoms with van der Waals surface area (Å²) in [4.78, 5) is 0. The van der Waals surface area contributed by atoms with Crippen LogP contribution < -0.4 is 24.8 Å². The van der Waals surface area contributed by atoms with Crippen molar-refractivity contribution in [2.45, 2.75) is 90.1 Å². The Hall–Kier alpha value is -0.747. The maximum Gasteiger partial charge on any atom is -1.00 e. The summed E-state index contributed by atoms with van der Waals surface area (Å²) in [6.07, 6.45) is 3.51. The maximum absolute atomic E-state index is 2.56. The molecule has 0 spiro atoms. The van der Waals surface area contributed by atoms with Gasteiger partial charge in [-0.2, -0.15) is 0 Å². The van der Waals surface area contributed by atoms with Crippen LogP contribution in [-0.4, -0.2) is 3.21 Å². The van der Waals surface area contributed by atoms with Gasteiger partial charge in [-0.05, 0) is 0 Å². The van der Waals surface area contributed by atoms with Crippen molar-refractivity contribution in [1.82, 2.24) is 0 Å². The standard InChI is InChI=1S/C28H33.C3H6.2ClH.Zr/c1-17-9-11-21(18(17)2)26-24-16-19-15-20(27(3,4)5)10-12-22(19)23(24)13-14-25(26)28(6,7)8;1-3-2;;;/h9-10,12-16H,11H2,1-8H3;1-2H3;2*1H;/q;;;;+2/p-2. The molecule has 34 heavy (non-hydrogen) atoms. The number of rotatable bonds is 2. The van der Waals surface area contributed by atoms with Crippen molar-refractivity contribution < 1.29 is 47.6 Å². The van der Waals surface area contributed by atoms with E-state index in [1.165, 1.54) is 33.4 Å². The van der Waals surface area contributed by atoms with Crippen molar-refractivity contribution in [3.05, 3.63) is 75.4 Å². The van der Waals surface area contributed by atoms with Crippen LogP contribution in [0.4, 0.5) is 0 Å². The van der Waals surface area contributed by atoms with E-state index >= 15 is 0 Å². The predicted octanol–water partition coefficient (Wildman–Crippen LogP) is 2.78. The second kappa shape index (κ2) is 10.3. The Morgan fingerprint density at radius 2 is 1.47 bits per heavy atom. The average molecular weight is 574 g/mol. The summed E-state index contributed by atoms with van der Waals surface area (Å²) >= 11 is -0.759. The molecule has 2 aliphatic carbocycles. The van der Waals surface area contributed by atoms with Crippen LogP contribution in [0.2, 0.25) is 0 Å². The smallest absolute Gasteiger partial charge is 1.00 e. The van der Waals surface area contributed by atoms with Crippen LogP contribution >= 0.6 is 0 Å². The first-order valence-corrected chi connectivity index (χ1v) is 14.7. The third-order valence-corrected chi connectivity index (χ3v) is 10.9. The molecule has 0 N–H and O–H groups in total. The molecule has 4 rings (SSSR count). The van der Waals surface area contributed by atoms with E-state index in [9.17, 15) is 0 Å². The Kier molecular flexibility index (Phi) is 8.95. The molecule has 0 heterocycles. The van der Waals surface area contributed by atoms with E-state index in [2.05, 4.69) is 106 Å². The van der Waals surface area contributed by atoms with Crippen molar-refractivity contribution in [1.29, 1.82) is 0 Å². The SMILES string of the molecule is CC1=CCC(c2c(C(C)(C)C)ccc3c2[CH]([Zr+2]=[C](C)C)c2cc(C(C)(C)C)ccc2-3)=C1C.[Cl-].[Cl-]. The van der Waals surface area contributed by atoms with Gasteiger partial charge in [0.1, 0.15) is 0 Å². The fourth-order valence-corrected chi connectivity index (χ4v) is 8.78. The molecule has 0 saturated carbocycles. The van der Waals surface area contributed by atoms with Crippen LogP contribution in [0.3, 0.4) is 0 Å². The Balaban J connectivity index is 0.00000204. The van der Waals surface area contributed by atoms with Gasteiger partial charge in [-0.15, -0.1) is 0 Å². The first-order valence-electron chi connectivity index (χ1n) is 12.1. The molecular formula is C31H39Cl2Zr. The number of halogens is 2. The van der Waals surface area contributed by atoms with Crippen molar-refractivity contribution in [2.24, 2.45) is 0 Å². The average Bonchev–Trinajstić information content (AvgIpc) is 3.17. The Morgan fingerprint density at radius 1 is 0.853 bits per heavy atom. The number of hydrogen-bond acceptors (Lipinski definition) is 0. The molecule has 0 amide bonds. The molecule has 0 saturated heterocycles. The minimum atomic E-state index is -0.759. The maximum atomic E-state index is 2.56. The molecule has 1 atom stereocenters. The summed E-state index contributed by atoms with van der Waals surface area (Å²) in [5, 5.41) is 0. The van der Waals surface area contributed by atoms with Crippen LogP contribution in [-0.2, 0) is 33.6 Å². The molecular weight excluding hydrogens is 534 g/mol. The predicted molar refractivity (Wildman–Crippen MR) is 138 cm³/mol. The zero-order valence-electron chi connectivity index (χ0n) is 22.5. The second-order valence-corrected chi connectivity index (χ2v) is 16.6. The molecule has 2 aliphatic rings. The Bertz CT molecular complexity index is 1190. The molecule has 0 radical (unpaired) electrons. The van der Waals surface area contributed by atoms with Gasteiger partial charge < -0.3 is 24.8 Å². The van der Waals surface area contributed by atoms with Gasteiger partial charge in [0.2, 0.25) is 0 Å². The monoisotopic (exact) mass is 571 g/mol. The minimum Gasteiger partial charge on any atom is -1.00 e. The molecule has 2 aromatic carbocycles. The largest absolute Gasteiger partial charge is 1.00 e. The molecule has 0 bridgehead atoms. The third kappa shape index (κ3) is 5.19. The number of benzene rings is 2. The molecule has 2 aromatic rings. The molecule has 0 fully saturated rings. The minimum absolute atomic E-state index is 0. The van der Waals surface area contributed by atoms with Gasteiger partial charge in [-0.1, -0.05) is 0 Å². The number of hydrogen-bond donors (Lipinski definition) is 0. The van der Waals surface area contributed by atoms with Crippen molar-refractivity contribution in [2.75, 3.05) is 0 Å². The molecule has 0 aliphatic heterocycles. The normalized spacial score (nSPS) is 16.8. The first kappa shape index (κ1) is 29.5. The summed E-state index contributed by atoms with van der Waals surface area (Å²) in [5.74, 6) is 0. The van der Waals surface area contributed by atoms with Crippen LogP contribution in [0.15, 0.2) is 47.6 Å². The van der Waals surface area contributed by atoms with Crippen LogP contribution in [0, 0.1) is 0 Å². The second-order valence-electron chi connectivity index (χ2n) is 12.0. The molecule has 1 unspecified atom stereocenters. The Morgan fingerprint density at radius 3 is 1.97 bits per heavy atom. The fraction of sp³-hybridized carbons (Fsp3) is 0.452. The van der Waals surface area contributed by atoms with Crippen LogP contribution in [0.5, 0.6) is 0 Å². The first-order chi connectivity index (χ1) is 14.8. The molecule has 0 nitrogen and oxygen atoms in total. The zero-order chi connectivity index (χ0) is 23.6. The summed E-state index contributed by atoms with van der Waals surface area (Å²) in [7, 11) is 0. The third-order valence-electron chi connectivity index (χ3n) is 7.25. The molecule has 0 aromatic heterocycles. The number of fused-ring (bicyclic) bond motifs is 3. The van der Waals surface area contributed by atoms with Crippen molar-refractivity contribution in [3.63, 3.8) is 0 Å². The summed E-state index contributed by atoms with van der Waals surface area (Å²) in [5.41, 5.74) is 15.7. The van der Waals surface area contributed by atoms with Crippen LogP contribution in [0.1, 0.15) is 107 Å². The number of allylic oxidation sites excluding steroid dienone is 4. The topological polar surface area (TPSA) is 0 Å². The van der Waals surface area contributed by atoms with E-state index in [0.717, 1.165) is 6.42 Å². The van der Waals surface area contributed by atoms with E-state index in [4.69, 9.17) is 0 Å². The van der Waals surface area contributed by atoms with E-state index in [-0.39, 0.29) is 35.6 Å². The van der Waals surface area contributed by atoms with Crippen LogP contribution in [0.25, 0.3) is 16.7 Å². The Labute approximate surface area is 231 Å². The summed E-state index contributed by atoms with van der Waals surface area (Å²) in [6, 6.07) is 12.3. The van der Waals surface area contributed by atoms with Gasteiger partial charge in [0.25, 0.3) is 0 Å². The van der Waals surface area contributed by atoms with Crippen molar-refractivity contribution in [3.8, 4) is 11.1 Å². The summed E-state index contributed by atoms with van der Waals surface area (Å²) in [6.45, 7) is 23.5. The van der Waals surface area contributed by atoms with E-state index in [1.807, 2.05) is 0 Å². The summed E-state index contributed by atoms with van der Waals surface area (Å²) < 4.78 is 2.28. The van der Waals surface area contributed by atoms with Gasteiger partial charge in [-0.25, -0.2) is 0 Å². The van der Waals surface area contributed by atoms with E-state index in [0.29, 0.717) is 3.63 Å². The van der Waals surface area contributed by atoms with E-state index < -0.39 is 22.8 Å².